The zero-order valence-corrected chi connectivity index (χ0v) is 20.6. The van der Waals surface area contributed by atoms with Gasteiger partial charge in [0.25, 0.3) is 11.4 Å². The zero-order valence-electron chi connectivity index (χ0n) is 20.6. The summed E-state index contributed by atoms with van der Waals surface area (Å²) in [5.74, 6) is -0.789. The van der Waals surface area contributed by atoms with E-state index in [9.17, 15) is 19.3 Å². The molecule has 0 saturated heterocycles. The number of rotatable bonds is 2. The molecule has 0 aliphatic heterocycles. The van der Waals surface area contributed by atoms with Crippen LogP contribution in [-0.2, 0) is 0 Å². The van der Waals surface area contributed by atoms with Crippen LogP contribution in [0.25, 0.3) is 54.2 Å². The van der Waals surface area contributed by atoms with Crippen LogP contribution >= 0.6 is 0 Å². The fourth-order valence-corrected chi connectivity index (χ4v) is 5.58. The lowest BCUT2D eigenvalue weighted by molar-refractivity contribution is 0.627. The Kier molecular flexibility index (Phi) is 5.67. The first-order valence-electron chi connectivity index (χ1n) is 12.1. The van der Waals surface area contributed by atoms with Gasteiger partial charge in [-0.2, -0.15) is 0 Å². The SMILES string of the molecule is [C-]#[N+]/C(C#N)=C1C2=C(/C(=C(\C#N)[N+]#[C-])c3cccc(-c4ccc(F)cc4)c32)c2c\1cccc2-c1ccc(F)cc1. The van der Waals surface area contributed by atoms with E-state index in [1.165, 1.54) is 24.3 Å². The van der Waals surface area contributed by atoms with E-state index in [0.717, 1.165) is 0 Å². The maximum absolute atomic E-state index is 13.8. The van der Waals surface area contributed by atoms with Crippen LogP contribution in [0.2, 0.25) is 0 Å². The Hall–Kier alpha value is -6.08. The molecule has 6 rings (SSSR count). The lowest BCUT2D eigenvalue weighted by Gasteiger charge is -2.18. The third kappa shape index (κ3) is 3.46. The molecule has 4 aromatic rings. The van der Waals surface area contributed by atoms with Crippen LogP contribution in [0, 0.1) is 47.4 Å². The number of benzene rings is 4. The van der Waals surface area contributed by atoms with E-state index in [4.69, 9.17) is 13.1 Å². The minimum absolute atomic E-state index is 0.134. The highest BCUT2D eigenvalue weighted by Crippen LogP contribution is 2.62. The highest BCUT2D eigenvalue weighted by molar-refractivity contribution is 6.39. The van der Waals surface area contributed by atoms with Crippen molar-refractivity contribution >= 4 is 22.3 Å². The van der Waals surface area contributed by atoms with Gasteiger partial charge in [-0.15, -0.1) is 0 Å². The first-order valence-corrected chi connectivity index (χ1v) is 12.1. The maximum Gasteiger partial charge on any atom is 0.270 e. The lowest BCUT2D eigenvalue weighted by Crippen LogP contribution is -1.98. The van der Waals surface area contributed by atoms with E-state index < -0.39 is 11.6 Å². The molecule has 40 heavy (non-hydrogen) atoms. The molecule has 6 heteroatoms. The molecule has 0 N–H and O–H groups in total. The molecule has 0 heterocycles. The molecule has 0 amide bonds. The summed E-state index contributed by atoms with van der Waals surface area (Å²) in [6.07, 6.45) is 0. The minimum Gasteiger partial charge on any atom is -0.226 e. The Morgan fingerprint density at radius 2 is 0.900 bits per heavy atom. The molecule has 184 valence electrons. The molecule has 4 aromatic carbocycles. The first-order chi connectivity index (χ1) is 19.5. The van der Waals surface area contributed by atoms with Crippen molar-refractivity contribution in [3.05, 3.63) is 153 Å². The Morgan fingerprint density at radius 3 is 1.23 bits per heavy atom. The molecule has 0 atom stereocenters. The van der Waals surface area contributed by atoms with Crippen molar-refractivity contribution in [1.29, 1.82) is 10.5 Å². The van der Waals surface area contributed by atoms with Crippen molar-refractivity contribution in [3.63, 3.8) is 0 Å². The Bertz CT molecular complexity index is 1850. The molecule has 0 saturated carbocycles. The summed E-state index contributed by atoms with van der Waals surface area (Å²) in [7, 11) is 0. The largest absolute Gasteiger partial charge is 0.270 e. The van der Waals surface area contributed by atoms with E-state index in [1.54, 1.807) is 48.5 Å². The van der Waals surface area contributed by atoms with Gasteiger partial charge in [-0.3, -0.25) is 0 Å². The second-order valence-electron chi connectivity index (χ2n) is 9.11. The molecule has 0 unspecified atom stereocenters. The van der Waals surface area contributed by atoms with Gasteiger partial charge in [-0.25, -0.2) is 29.0 Å². The van der Waals surface area contributed by atoms with Crippen molar-refractivity contribution < 1.29 is 8.78 Å². The third-order valence-corrected chi connectivity index (χ3v) is 7.14. The molecule has 0 bridgehead atoms. The van der Waals surface area contributed by atoms with Gasteiger partial charge in [-0.1, -0.05) is 60.7 Å². The zero-order chi connectivity index (χ0) is 28.0. The normalized spacial score (nSPS) is 15.2. The van der Waals surface area contributed by atoms with Crippen LogP contribution in [0.5, 0.6) is 0 Å². The van der Waals surface area contributed by atoms with Crippen LogP contribution in [0.15, 0.2) is 96.3 Å². The summed E-state index contributed by atoms with van der Waals surface area (Å²) < 4.78 is 27.7. The van der Waals surface area contributed by atoms with Crippen molar-refractivity contribution in [1.82, 2.24) is 0 Å². The number of halogens is 2. The van der Waals surface area contributed by atoms with Gasteiger partial charge < -0.3 is 0 Å². The van der Waals surface area contributed by atoms with Crippen molar-refractivity contribution in [2.45, 2.75) is 0 Å². The summed E-state index contributed by atoms with van der Waals surface area (Å²) >= 11 is 0. The Morgan fingerprint density at radius 1 is 0.550 bits per heavy atom. The van der Waals surface area contributed by atoms with Gasteiger partial charge >= 0.3 is 0 Å². The van der Waals surface area contributed by atoms with Crippen LogP contribution in [-0.4, -0.2) is 0 Å². The molecule has 0 radical (unpaired) electrons. The fraction of sp³-hybridized carbons (Fsp3) is 0. The average molecular weight is 517 g/mol. The molecule has 0 fully saturated rings. The second kappa shape index (κ2) is 9.34. The summed E-state index contributed by atoms with van der Waals surface area (Å²) in [6.45, 7) is 15.6. The van der Waals surface area contributed by atoms with Gasteiger partial charge in [0.15, 0.2) is 0 Å². The molecule has 2 aliphatic rings. The number of allylic oxidation sites excluding steroid dienone is 6. The highest BCUT2D eigenvalue weighted by atomic mass is 19.1. The summed E-state index contributed by atoms with van der Waals surface area (Å²) in [5, 5.41) is 20.1. The number of fused-ring (bicyclic) bond motifs is 4. The quantitative estimate of drug-likeness (QED) is 0.198. The van der Waals surface area contributed by atoms with E-state index >= 15 is 0 Å². The molecule has 2 aliphatic carbocycles. The molecular formula is C34H14F2N4. The van der Waals surface area contributed by atoms with Crippen LogP contribution < -0.4 is 0 Å². The highest BCUT2D eigenvalue weighted by Gasteiger charge is 2.41. The molecule has 4 nitrogen and oxygen atoms in total. The van der Waals surface area contributed by atoms with E-state index in [2.05, 4.69) is 9.69 Å². The third-order valence-electron chi connectivity index (χ3n) is 7.14. The summed E-state index contributed by atoms with van der Waals surface area (Å²) in [4.78, 5) is 7.11. The van der Waals surface area contributed by atoms with E-state index in [-0.39, 0.29) is 11.4 Å². The Labute approximate surface area is 228 Å². The number of nitrogens with zero attached hydrogens (tertiary/aromatic N) is 4. The summed E-state index contributed by atoms with van der Waals surface area (Å²) in [6, 6.07) is 27.0. The number of hydrogen-bond acceptors (Lipinski definition) is 2. The topological polar surface area (TPSA) is 56.3 Å². The van der Waals surface area contributed by atoms with Gasteiger partial charge in [0.2, 0.25) is 0 Å². The summed E-state index contributed by atoms with van der Waals surface area (Å²) in [5.41, 5.74) is 7.01. The molecule has 0 aromatic heterocycles. The minimum atomic E-state index is -0.394. The maximum atomic E-state index is 13.8. The monoisotopic (exact) mass is 516 g/mol. The van der Waals surface area contributed by atoms with Crippen LogP contribution in [0.4, 0.5) is 8.78 Å². The van der Waals surface area contributed by atoms with Gasteiger partial charge in [-0.05, 0) is 79.9 Å². The predicted octanol–water partition coefficient (Wildman–Crippen LogP) is 8.54. The van der Waals surface area contributed by atoms with E-state index in [1.807, 2.05) is 24.3 Å². The molecular weight excluding hydrogens is 502 g/mol. The van der Waals surface area contributed by atoms with Crippen molar-refractivity contribution in [2.75, 3.05) is 0 Å². The average Bonchev–Trinajstić information content (AvgIpc) is 3.49. The Balaban J connectivity index is 1.82. The molecule has 0 spiro atoms. The first kappa shape index (κ1) is 24.3. The van der Waals surface area contributed by atoms with E-state index in [0.29, 0.717) is 66.8 Å². The lowest BCUT2D eigenvalue weighted by atomic mass is 9.85. The standard InChI is InChI=1S/C34H14F2N4/c1-39-27(17-37)31-25-7-3-5-23(19-9-13-21(35)14-10-19)29(25)34-32(28(18-38)40-2)26-8-4-6-24(30(26)33(31)34)20-11-15-22(36)16-12-20/h3-16H/b31-27-,32-28+. The van der Waals surface area contributed by atoms with Crippen molar-refractivity contribution in [2.24, 2.45) is 0 Å². The van der Waals surface area contributed by atoms with Gasteiger partial charge in [0.1, 0.15) is 11.6 Å². The predicted molar refractivity (Wildman–Crippen MR) is 149 cm³/mol. The number of nitriles is 2. The van der Waals surface area contributed by atoms with Gasteiger partial charge in [0.05, 0.1) is 25.3 Å². The fourth-order valence-electron chi connectivity index (χ4n) is 5.58. The van der Waals surface area contributed by atoms with Crippen LogP contribution in [0.1, 0.15) is 22.3 Å². The van der Waals surface area contributed by atoms with Crippen LogP contribution in [0.3, 0.4) is 0 Å². The number of hydrogen-bond donors (Lipinski definition) is 0. The van der Waals surface area contributed by atoms with Crippen molar-refractivity contribution in [3.8, 4) is 34.4 Å². The second-order valence-corrected chi connectivity index (χ2v) is 9.11. The smallest absolute Gasteiger partial charge is 0.226 e. The van der Waals surface area contributed by atoms with Gasteiger partial charge in [0, 0.05) is 11.1 Å².